The van der Waals surface area contributed by atoms with Crippen LogP contribution in [0.3, 0.4) is 0 Å². The molecular formula is C22H24FN5O2. The van der Waals surface area contributed by atoms with Crippen LogP contribution in [0.2, 0.25) is 0 Å². The van der Waals surface area contributed by atoms with Crippen LogP contribution < -0.4 is 5.73 Å². The number of rotatable bonds is 5. The van der Waals surface area contributed by atoms with E-state index in [0.29, 0.717) is 42.7 Å². The molecule has 0 radical (unpaired) electrons. The van der Waals surface area contributed by atoms with Crippen molar-refractivity contribution in [1.29, 1.82) is 0 Å². The number of nitrogens with one attached hydrogen (secondary N) is 1. The lowest BCUT2D eigenvalue weighted by molar-refractivity contribution is 0.0691. The smallest absolute Gasteiger partial charge is 0.270 e. The van der Waals surface area contributed by atoms with Crippen molar-refractivity contribution in [2.24, 2.45) is 0 Å². The maximum absolute atomic E-state index is 14.8. The summed E-state index contributed by atoms with van der Waals surface area (Å²) in [6.07, 6.45) is 3.91. The normalized spacial score (nSPS) is 16.6. The summed E-state index contributed by atoms with van der Waals surface area (Å²) in [7, 11) is 0. The molecule has 1 saturated carbocycles. The van der Waals surface area contributed by atoms with Crippen molar-refractivity contribution >= 4 is 22.8 Å². The topological polar surface area (TPSA) is 97.1 Å². The molecule has 3 aromatic rings. The van der Waals surface area contributed by atoms with Gasteiger partial charge in [-0.2, -0.15) is 0 Å². The number of aromatic nitrogens is 3. The van der Waals surface area contributed by atoms with Crippen LogP contribution in [0.25, 0.3) is 11.0 Å². The Morgan fingerprint density at radius 1 is 1.37 bits per heavy atom. The Labute approximate surface area is 173 Å². The lowest BCUT2D eigenvalue weighted by atomic mass is 10.1. The van der Waals surface area contributed by atoms with Gasteiger partial charge in [0, 0.05) is 23.9 Å². The maximum Gasteiger partial charge on any atom is 0.270 e. The number of carbonyl (C=O) groups excluding carboxylic acids is 1. The SMILES string of the molecule is CCN(C(=O)c1cc2nc(N)c3c(c2[nH]1)COC3)[C@H](C)c1ncc(C2CC2)cc1F. The second-order valence-electron chi connectivity index (χ2n) is 8.07. The zero-order valence-corrected chi connectivity index (χ0v) is 17.0. The standard InChI is InChI=1S/C22H24FN5O2/c1-3-28(11(2)19-16(23)6-13(8-25-19)12-4-5-12)22(29)18-7-17-20(26-18)14-9-30-10-15(14)21(24)27-17/h6-8,11-12,26H,3-5,9-10H2,1-2H3,(H2,24,27)/t11-/m1/s1. The number of carbonyl (C=O) groups is 1. The van der Waals surface area contributed by atoms with E-state index in [4.69, 9.17) is 10.5 Å². The monoisotopic (exact) mass is 409 g/mol. The number of hydrogen-bond acceptors (Lipinski definition) is 5. The Morgan fingerprint density at radius 3 is 2.83 bits per heavy atom. The Bertz CT molecular complexity index is 1150. The molecule has 1 aliphatic carbocycles. The van der Waals surface area contributed by atoms with Gasteiger partial charge in [0.1, 0.15) is 17.3 Å². The molecule has 0 saturated heterocycles. The van der Waals surface area contributed by atoms with Gasteiger partial charge in [-0.05, 0) is 50.3 Å². The third-order valence-electron chi connectivity index (χ3n) is 6.14. The highest BCUT2D eigenvalue weighted by Crippen LogP contribution is 2.40. The molecule has 30 heavy (non-hydrogen) atoms. The molecule has 1 fully saturated rings. The van der Waals surface area contributed by atoms with Crippen molar-refractivity contribution in [3.8, 4) is 0 Å². The molecule has 4 heterocycles. The lowest BCUT2D eigenvalue weighted by Gasteiger charge is -2.27. The lowest BCUT2D eigenvalue weighted by Crippen LogP contribution is -2.34. The van der Waals surface area contributed by atoms with Gasteiger partial charge < -0.3 is 20.4 Å². The van der Waals surface area contributed by atoms with Gasteiger partial charge in [-0.1, -0.05) is 0 Å². The molecule has 8 heteroatoms. The van der Waals surface area contributed by atoms with E-state index in [-0.39, 0.29) is 17.4 Å². The molecule has 0 spiro atoms. The predicted octanol–water partition coefficient (Wildman–Crippen LogP) is 3.81. The molecule has 7 nitrogen and oxygen atoms in total. The first-order chi connectivity index (χ1) is 14.5. The Kier molecular flexibility index (Phi) is 4.47. The minimum Gasteiger partial charge on any atom is -0.383 e. The molecule has 1 aliphatic heterocycles. The molecule has 3 aromatic heterocycles. The molecule has 0 aromatic carbocycles. The van der Waals surface area contributed by atoms with Gasteiger partial charge in [0.05, 0.1) is 36.0 Å². The van der Waals surface area contributed by atoms with E-state index in [2.05, 4.69) is 15.0 Å². The number of nitrogens with zero attached hydrogens (tertiary/aromatic N) is 3. The first-order valence-corrected chi connectivity index (χ1v) is 10.3. The van der Waals surface area contributed by atoms with Crippen molar-refractivity contribution in [1.82, 2.24) is 19.9 Å². The second-order valence-corrected chi connectivity index (χ2v) is 8.07. The molecule has 156 valence electrons. The number of ether oxygens (including phenoxy) is 1. The van der Waals surface area contributed by atoms with Gasteiger partial charge in [0.2, 0.25) is 0 Å². The summed E-state index contributed by atoms with van der Waals surface area (Å²) in [4.78, 5) is 26.9. The van der Waals surface area contributed by atoms with E-state index < -0.39 is 6.04 Å². The average molecular weight is 409 g/mol. The van der Waals surface area contributed by atoms with Gasteiger partial charge in [0.25, 0.3) is 5.91 Å². The molecule has 1 amide bonds. The molecular weight excluding hydrogens is 385 g/mol. The number of hydrogen-bond donors (Lipinski definition) is 2. The van der Waals surface area contributed by atoms with E-state index in [0.717, 1.165) is 35.0 Å². The highest BCUT2D eigenvalue weighted by Gasteiger charge is 2.29. The molecule has 1 atom stereocenters. The highest BCUT2D eigenvalue weighted by atomic mass is 19.1. The van der Waals surface area contributed by atoms with Crippen LogP contribution >= 0.6 is 0 Å². The number of fused-ring (bicyclic) bond motifs is 3. The number of H-pyrrole nitrogens is 1. The van der Waals surface area contributed by atoms with Crippen LogP contribution in [0.1, 0.15) is 71.5 Å². The number of amides is 1. The summed E-state index contributed by atoms with van der Waals surface area (Å²) >= 11 is 0. The van der Waals surface area contributed by atoms with Crippen molar-refractivity contribution in [2.75, 3.05) is 12.3 Å². The van der Waals surface area contributed by atoms with Gasteiger partial charge in [0.15, 0.2) is 0 Å². The number of nitrogen functional groups attached to an aromatic ring is 1. The van der Waals surface area contributed by atoms with E-state index in [1.807, 2.05) is 6.92 Å². The van der Waals surface area contributed by atoms with Crippen LogP contribution in [0, 0.1) is 5.82 Å². The minimum absolute atomic E-state index is 0.235. The predicted molar refractivity (Wildman–Crippen MR) is 110 cm³/mol. The van der Waals surface area contributed by atoms with Crippen molar-refractivity contribution < 1.29 is 13.9 Å². The van der Waals surface area contributed by atoms with Crippen LogP contribution in [0.5, 0.6) is 0 Å². The second kappa shape index (κ2) is 7.05. The van der Waals surface area contributed by atoms with Crippen molar-refractivity contribution in [2.45, 2.75) is 51.9 Å². The summed E-state index contributed by atoms with van der Waals surface area (Å²) in [6.45, 7) is 4.94. The minimum atomic E-state index is -0.505. The average Bonchev–Trinajstić information content (AvgIpc) is 3.29. The van der Waals surface area contributed by atoms with E-state index >= 15 is 0 Å². The van der Waals surface area contributed by atoms with E-state index in [1.54, 1.807) is 30.2 Å². The van der Waals surface area contributed by atoms with Crippen molar-refractivity contribution in [3.05, 3.63) is 52.2 Å². The zero-order chi connectivity index (χ0) is 21.0. The summed E-state index contributed by atoms with van der Waals surface area (Å²) in [5, 5.41) is 0. The van der Waals surface area contributed by atoms with Crippen LogP contribution in [-0.4, -0.2) is 32.3 Å². The fourth-order valence-corrected chi connectivity index (χ4v) is 4.26. The van der Waals surface area contributed by atoms with Crippen LogP contribution in [0.4, 0.5) is 10.2 Å². The summed E-state index contributed by atoms with van der Waals surface area (Å²) in [6, 6.07) is 2.75. The molecule has 3 N–H and O–H groups in total. The fourth-order valence-electron chi connectivity index (χ4n) is 4.26. The first kappa shape index (κ1) is 19.0. The summed E-state index contributed by atoms with van der Waals surface area (Å²) < 4.78 is 20.3. The summed E-state index contributed by atoms with van der Waals surface area (Å²) in [5.41, 5.74) is 10.8. The number of nitrogens with two attached hydrogens (primary N) is 1. The molecule has 0 unspecified atom stereocenters. The Morgan fingerprint density at radius 2 is 2.13 bits per heavy atom. The van der Waals surface area contributed by atoms with Crippen LogP contribution in [-0.2, 0) is 18.0 Å². The largest absolute Gasteiger partial charge is 0.383 e. The number of anilines is 1. The van der Waals surface area contributed by atoms with E-state index in [9.17, 15) is 9.18 Å². The third-order valence-corrected chi connectivity index (χ3v) is 6.14. The quantitative estimate of drug-likeness (QED) is 0.668. The van der Waals surface area contributed by atoms with Gasteiger partial charge in [-0.3, -0.25) is 9.78 Å². The van der Waals surface area contributed by atoms with Crippen LogP contribution in [0.15, 0.2) is 18.3 Å². The first-order valence-electron chi connectivity index (χ1n) is 10.3. The van der Waals surface area contributed by atoms with Crippen molar-refractivity contribution in [3.63, 3.8) is 0 Å². The molecule has 2 aliphatic rings. The number of aromatic amines is 1. The summed E-state index contributed by atoms with van der Waals surface area (Å²) in [5.74, 6) is 0.258. The van der Waals surface area contributed by atoms with E-state index in [1.165, 1.54) is 0 Å². The molecule has 5 rings (SSSR count). The Hall–Kier alpha value is -3.00. The third kappa shape index (κ3) is 3.02. The Balaban J connectivity index is 1.47. The number of halogens is 1. The maximum atomic E-state index is 14.8. The van der Waals surface area contributed by atoms with Gasteiger partial charge in [-0.15, -0.1) is 0 Å². The number of pyridine rings is 2. The van der Waals surface area contributed by atoms with Gasteiger partial charge in [-0.25, -0.2) is 9.37 Å². The zero-order valence-electron chi connectivity index (χ0n) is 17.0. The highest BCUT2D eigenvalue weighted by molar-refractivity contribution is 5.98. The molecule has 0 bridgehead atoms. The fraction of sp³-hybridized carbons (Fsp3) is 0.409. The van der Waals surface area contributed by atoms with Gasteiger partial charge >= 0.3 is 0 Å².